The maximum absolute atomic E-state index is 11.9. The molecule has 0 aliphatic rings. The number of rotatable bonds is 4. The normalized spacial score (nSPS) is 13.9. The summed E-state index contributed by atoms with van der Waals surface area (Å²) >= 11 is 0. The molecule has 0 radical (unpaired) electrons. The number of halogens is 3. The highest BCUT2D eigenvalue weighted by Crippen LogP contribution is 2.24. The first-order valence-electron chi connectivity index (χ1n) is 3.39. The van der Waals surface area contributed by atoms with Gasteiger partial charge in [0.15, 0.2) is 5.92 Å². The molecule has 6 heteroatoms. The number of alkyl halides is 3. The van der Waals surface area contributed by atoms with Gasteiger partial charge in [0.1, 0.15) is 0 Å². The number of hydrogen-bond donors (Lipinski definition) is 2. The fourth-order valence-electron chi connectivity index (χ4n) is 0.583. The highest BCUT2D eigenvalue weighted by Gasteiger charge is 2.39. The van der Waals surface area contributed by atoms with Crippen LogP contribution in [-0.4, -0.2) is 25.8 Å². The predicted molar refractivity (Wildman–Crippen MR) is 37.1 cm³/mol. The Morgan fingerprint density at radius 3 is 2.42 bits per heavy atom. The van der Waals surface area contributed by atoms with Crippen LogP contribution in [0.25, 0.3) is 0 Å². The SMILES string of the molecule is N#CC(CNCCN)C(F)(F)F. The summed E-state index contributed by atoms with van der Waals surface area (Å²) in [7, 11) is 0. The van der Waals surface area contributed by atoms with Crippen molar-refractivity contribution < 1.29 is 13.2 Å². The monoisotopic (exact) mass is 181 g/mol. The molecule has 0 amide bonds. The minimum atomic E-state index is -4.45. The average molecular weight is 181 g/mol. The van der Waals surface area contributed by atoms with Gasteiger partial charge in [-0.05, 0) is 0 Å². The van der Waals surface area contributed by atoms with Crippen LogP contribution in [0.2, 0.25) is 0 Å². The lowest BCUT2D eigenvalue weighted by atomic mass is 10.1. The van der Waals surface area contributed by atoms with Crippen molar-refractivity contribution in [3.8, 4) is 6.07 Å². The Morgan fingerprint density at radius 1 is 1.50 bits per heavy atom. The second kappa shape index (κ2) is 4.95. The van der Waals surface area contributed by atoms with Crippen LogP contribution < -0.4 is 11.1 Å². The lowest BCUT2D eigenvalue weighted by Gasteiger charge is -2.12. The maximum atomic E-state index is 11.9. The van der Waals surface area contributed by atoms with E-state index >= 15 is 0 Å². The molecule has 0 aliphatic heterocycles. The smallest absolute Gasteiger partial charge is 0.329 e. The van der Waals surface area contributed by atoms with Crippen LogP contribution in [0.4, 0.5) is 13.2 Å². The lowest BCUT2D eigenvalue weighted by molar-refractivity contribution is -0.157. The molecule has 0 aromatic rings. The van der Waals surface area contributed by atoms with E-state index in [9.17, 15) is 13.2 Å². The zero-order valence-corrected chi connectivity index (χ0v) is 6.36. The summed E-state index contributed by atoms with van der Waals surface area (Å²) in [6.45, 7) is 0.154. The van der Waals surface area contributed by atoms with Crippen LogP contribution >= 0.6 is 0 Å². The maximum Gasteiger partial charge on any atom is 0.405 e. The van der Waals surface area contributed by atoms with Crippen molar-refractivity contribution in [1.82, 2.24) is 5.32 Å². The largest absolute Gasteiger partial charge is 0.405 e. The molecule has 12 heavy (non-hydrogen) atoms. The van der Waals surface area contributed by atoms with Crippen molar-refractivity contribution in [3.05, 3.63) is 0 Å². The quantitative estimate of drug-likeness (QED) is 0.610. The molecule has 0 bridgehead atoms. The first kappa shape index (κ1) is 11.2. The molecule has 0 saturated carbocycles. The van der Waals surface area contributed by atoms with Gasteiger partial charge in [0.05, 0.1) is 6.07 Å². The minimum absolute atomic E-state index is 0.260. The zero-order valence-electron chi connectivity index (χ0n) is 6.36. The molecule has 0 fully saturated rings. The Labute approximate surface area is 68.3 Å². The van der Waals surface area contributed by atoms with Gasteiger partial charge < -0.3 is 11.1 Å². The van der Waals surface area contributed by atoms with Crippen LogP contribution in [0.15, 0.2) is 0 Å². The summed E-state index contributed by atoms with van der Waals surface area (Å²) in [6, 6.07) is 1.17. The van der Waals surface area contributed by atoms with Gasteiger partial charge in [0.2, 0.25) is 0 Å². The Morgan fingerprint density at radius 2 is 2.08 bits per heavy atom. The van der Waals surface area contributed by atoms with Crippen LogP contribution in [0.1, 0.15) is 0 Å². The fourth-order valence-corrected chi connectivity index (χ4v) is 0.583. The second-order valence-corrected chi connectivity index (χ2v) is 2.22. The molecule has 1 atom stereocenters. The molecule has 0 saturated heterocycles. The summed E-state index contributed by atoms with van der Waals surface area (Å²) in [6.07, 6.45) is -4.45. The standard InChI is InChI=1S/C6H10F3N3/c7-6(8,9)5(3-11)4-12-2-1-10/h5,12H,1-2,4,10H2. The number of hydrogen-bond acceptors (Lipinski definition) is 3. The number of nitrogens with two attached hydrogens (primary N) is 1. The van der Waals surface area contributed by atoms with Crippen molar-refractivity contribution in [2.24, 2.45) is 11.7 Å². The van der Waals surface area contributed by atoms with Crippen molar-refractivity contribution in [2.75, 3.05) is 19.6 Å². The van der Waals surface area contributed by atoms with Crippen LogP contribution in [0, 0.1) is 17.2 Å². The van der Waals surface area contributed by atoms with E-state index in [-0.39, 0.29) is 13.1 Å². The molecule has 70 valence electrons. The predicted octanol–water partition coefficient (Wildman–Crippen LogP) is 0.237. The van der Waals surface area contributed by atoms with E-state index in [0.29, 0.717) is 0 Å². The molecular weight excluding hydrogens is 171 g/mol. The van der Waals surface area contributed by atoms with Crippen LogP contribution in [-0.2, 0) is 0 Å². The molecule has 0 aromatic heterocycles. The first-order chi connectivity index (χ1) is 5.52. The molecule has 0 aromatic carbocycles. The number of nitrogens with zero attached hydrogens (tertiary/aromatic N) is 1. The Bertz CT molecular complexity index is 160. The molecule has 0 heterocycles. The number of nitriles is 1. The molecule has 3 N–H and O–H groups in total. The van der Waals surface area contributed by atoms with E-state index in [1.54, 1.807) is 0 Å². The third kappa shape index (κ3) is 4.16. The van der Waals surface area contributed by atoms with Crippen molar-refractivity contribution >= 4 is 0 Å². The summed E-state index contributed by atoms with van der Waals surface area (Å²) < 4.78 is 35.6. The van der Waals surface area contributed by atoms with E-state index in [4.69, 9.17) is 11.0 Å². The molecule has 0 spiro atoms. The lowest BCUT2D eigenvalue weighted by Crippen LogP contribution is -2.34. The Hall–Kier alpha value is -0.800. The topological polar surface area (TPSA) is 61.8 Å². The summed E-state index contributed by atoms with van der Waals surface area (Å²) in [5, 5.41) is 10.5. The van der Waals surface area contributed by atoms with Gasteiger partial charge in [-0.1, -0.05) is 0 Å². The number of nitrogens with one attached hydrogen (secondary N) is 1. The van der Waals surface area contributed by atoms with E-state index in [1.807, 2.05) is 0 Å². The fraction of sp³-hybridized carbons (Fsp3) is 0.833. The first-order valence-corrected chi connectivity index (χ1v) is 3.39. The van der Waals surface area contributed by atoms with Crippen LogP contribution in [0.3, 0.4) is 0 Å². The minimum Gasteiger partial charge on any atom is -0.329 e. The Kier molecular flexibility index (Phi) is 4.62. The van der Waals surface area contributed by atoms with Crippen molar-refractivity contribution in [1.29, 1.82) is 5.26 Å². The molecule has 1 unspecified atom stereocenters. The average Bonchev–Trinajstić information content (AvgIpc) is 1.95. The van der Waals surface area contributed by atoms with Gasteiger partial charge in [0, 0.05) is 19.6 Å². The third-order valence-corrected chi connectivity index (χ3v) is 1.22. The van der Waals surface area contributed by atoms with E-state index in [0.717, 1.165) is 0 Å². The van der Waals surface area contributed by atoms with Crippen molar-refractivity contribution in [2.45, 2.75) is 6.18 Å². The molecule has 0 rings (SSSR count). The third-order valence-electron chi connectivity index (χ3n) is 1.22. The molecular formula is C6H10F3N3. The summed E-state index contributed by atoms with van der Waals surface area (Å²) in [5.74, 6) is -1.94. The second-order valence-electron chi connectivity index (χ2n) is 2.22. The van der Waals surface area contributed by atoms with Gasteiger partial charge in [-0.15, -0.1) is 0 Å². The zero-order chi connectivity index (χ0) is 9.61. The molecule has 3 nitrogen and oxygen atoms in total. The highest BCUT2D eigenvalue weighted by atomic mass is 19.4. The van der Waals surface area contributed by atoms with E-state index in [1.165, 1.54) is 6.07 Å². The van der Waals surface area contributed by atoms with Crippen LogP contribution in [0.5, 0.6) is 0 Å². The summed E-state index contributed by atoms with van der Waals surface area (Å²) in [4.78, 5) is 0. The highest BCUT2D eigenvalue weighted by molar-refractivity contribution is 4.89. The van der Waals surface area contributed by atoms with Gasteiger partial charge in [-0.2, -0.15) is 18.4 Å². The van der Waals surface area contributed by atoms with Gasteiger partial charge >= 0.3 is 6.18 Å². The van der Waals surface area contributed by atoms with Gasteiger partial charge in [-0.25, -0.2) is 0 Å². The Balaban J connectivity index is 3.79. The summed E-state index contributed by atoms with van der Waals surface area (Å²) in [5.41, 5.74) is 5.04. The van der Waals surface area contributed by atoms with Crippen molar-refractivity contribution in [3.63, 3.8) is 0 Å². The van der Waals surface area contributed by atoms with E-state index in [2.05, 4.69) is 5.32 Å². The van der Waals surface area contributed by atoms with Gasteiger partial charge in [0.25, 0.3) is 0 Å². The molecule has 0 aliphatic carbocycles. The van der Waals surface area contributed by atoms with E-state index < -0.39 is 18.6 Å². The van der Waals surface area contributed by atoms with Gasteiger partial charge in [-0.3, -0.25) is 0 Å².